The average molecular weight is 266 g/mol. The van der Waals surface area contributed by atoms with E-state index in [1.807, 2.05) is 0 Å². The molecule has 0 saturated carbocycles. The van der Waals surface area contributed by atoms with Gasteiger partial charge in [0.1, 0.15) is 5.76 Å². The minimum absolute atomic E-state index is 0.119. The van der Waals surface area contributed by atoms with Crippen LogP contribution in [-0.2, 0) is 27.7 Å². The molecule has 0 N–H and O–H groups in total. The predicted octanol–water partition coefficient (Wildman–Crippen LogP) is 2.65. The third-order valence-corrected chi connectivity index (χ3v) is 3.10. The van der Waals surface area contributed by atoms with E-state index in [4.69, 9.17) is 13.6 Å². The van der Waals surface area contributed by atoms with Crippen LogP contribution in [0.4, 0.5) is 0 Å². The van der Waals surface area contributed by atoms with E-state index in [2.05, 4.69) is 4.74 Å². The highest BCUT2D eigenvalue weighted by atomic mass is 31.2. The Balaban J connectivity index is 4.54. The van der Waals surface area contributed by atoms with Crippen molar-refractivity contribution in [1.29, 1.82) is 0 Å². The lowest BCUT2D eigenvalue weighted by molar-refractivity contribution is -0.137. The molecule has 0 aromatic carbocycles. The van der Waals surface area contributed by atoms with Gasteiger partial charge in [-0.2, -0.15) is 0 Å². The maximum Gasteiger partial charge on any atom is 0.529 e. The minimum Gasteiger partial charge on any atom is -0.463 e. The summed E-state index contributed by atoms with van der Waals surface area (Å²) in [5.74, 6) is -0.446. The van der Waals surface area contributed by atoms with Gasteiger partial charge in [0.05, 0.1) is 25.9 Å². The number of rotatable bonds is 8. The fourth-order valence-corrected chi connectivity index (χ4v) is 2.18. The molecule has 0 aliphatic rings. The maximum atomic E-state index is 11.9. The van der Waals surface area contributed by atoms with Crippen LogP contribution in [0.2, 0.25) is 0 Å². The maximum absolute atomic E-state index is 11.9. The third kappa shape index (κ3) is 7.15. The summed E-state index contributed by atoms with van der Waals surface area (Å²) in [6.07, 6.45) is 1.09. The normalized spacial score (nSPS) is 12.4. The Morgan fingerprint density at radius 2 is 1.65 bits per heavy atom. The monoisotopic (exact) mass is 266 g/mol. The lowest BCUT2D eigenvalue weighted by Crippen LogP contribution is -2.03. The Labute approximate surface area is 101 Å². The van der Waals surface area contributed by atoms with Crippen molar-refractivity contribution < 1.29 is 27.7 Å². The molecule has 0 heterocycles. The quantitative estimate of drug-likeness (QED) is 0.291. The first-order chi connectivity index (χ1) is 7.97. The number of allylic oxidation sites excluding steroid dienone is 1. The van der Waals surface area contributed by atoms with Crippen molar-refractivity contribution in [3.63, 3.8) is 0 Å². The molecular formula is C10H19O6P. The summed E-state index contributed by atoms with van der Waals surface area (Å²) in [5.41, 5.74) is 0. The SMILES string of the molecule is CCOC(=O)/C=C(/C)OP(=O)(OCC)OCC. The van der Waals surface area contributed by atoms with Crippen LogP contribution in [0, 0.1) is 0 Å². The molecule has 17 heavy (non-hydrogen) atoms. The predicted molar refractivity (Wildman–Crippen MR) is 62.3 cm³/mol. The molecule has 0 aliphatic carbocycles. The molecule has 0 saturated heterocycles. The van der Waals surface area contributed by atoms with Gasteiger partial charge in [0.2, 0.25) is 0 Å². The van der Waals surface area contributed by atoms with Crippen molar-refractivity contribution in [3.8, 4) is 0 Å². The standard InChI is InChI=1S/C10H19O6P/c1-5-13-10(11)8-9(4)16-17(12,14-6-2)15-7-3/h8H,5-7H2,1-4H3/b9-8-. The van der Waals surface area contributed by atoms with Crippen LogP contribution in [0.1, 0.15) is 27.7 Å². The van der Waals surface area contributed by atoms with E-state index in [1.54, 1.807) is 20.8 Å². The Hall–Kier alpha value is -0.840. The largest absolute Gasteiger partial charge is 0.529 e. The molecule has 0 radical (unpaired) electrons. The molecular weight excluding hydrogens is 247 g/mol. The second-order valence-corrected chi connectivity index (χ2v) is 4.47. The van der Waals surface area contributed by atoms with Gasteiger partial charge in [-0.3, -0.25) is 9.05 Å². The fraction of sp³-hybridized carbons (Fsp3) is 0.700. The van der Waals surface area contributed by atoms with E-state index < -0.39 is 13.8 Å². The third-order valence-electron chi connectivity index (χ3n) is 1.44. The minimum atomic E-state index is -3.63. The molecule has 0 spiro atoms. The average Bonchev–Trinajstić information content (AvgIpc) is 2.17. The van der Waals surface area contributed by atoms with E-state index in [-0.39, 0.29) is 25.6 Å². The van der Waals surface area contributed by atoms with Crippen LogP contribution in [-0.4, -0.2) is 25.8 Å². The first-order valence-electron chi connectivity index (χ1n) is 5.41. The first-order valence-corrected chi connectivity index (χ1v) is 6.87. The van der Waals surface area contributed by atoms with Gasteiger partial charge in [0, 0.05) is 0 Å². The summed E-state index contributed by atoms with van der Waals surface area (Å²) in [6, 6.07) is 0. The zero-order chi connectivity index (χ0) is 13.3. The first kappa shape index (κ1) is 16.2. The van der Waals surface area contributed by atoms with Crippen molar-refractivity contribution in [2.75, 3.05) is 19.8 Å². The number of esters is 1. The van der Waals surface area contributed by atoms with Gasteiger partial charge in [-0.25, -0.2) is 9.36 Å². The molecule has 0 bridgehead atoms. The molecule has 0 rings (SSSR count). The van der Waals surface area contributed by atoms with Gasteiger partial charge in [-0.15, -0.1) is 0 Å². The molecule has 0 aromatic heterocycles. The number of hydrogen-bond acceptors (Lipinski definition) is 6. The van der Waals surface area contributed by atoms with Gasteiger partial charge < -0.3 is 9.26 Å². The van der Waals surface area contributed by atoms with Gasteiger partial charge in [0.15, 0.2) is 0 Å². The van der Waals surface area contributed by atoms with Crippen LogP contribution in [0.15, 0.2) is 11.8 Å². The highest BCUT2D eigenvalue weighted by molar-refractivity contribution is 7.48. The van der Waals surface area contributed by atoms with E-state index >= 15 is 0 Å². The summed E-state index contributed by atoms with van der Waals surface area (Å²) in [7, 11) is -3.63. The van der Waals surface area contributed by atoms with Crippen molar-refractivity contribution in [3.05, 3.63) is 11.8 Å². The number of carbonyl (C=O) groups excluding carboxylic acids is 1. The Kier molecular flexibility index (Phi) is 7.87. The highest BCUT2D eigenvalue weighted by Gasteiger charge is 2.27. The van der Waals surface area contributed by atoms with Crippen LogP contribution in [0.3, 0.4) is 0 Å². The van der Waals surface area contributed by atoms with E-state index in [0.717, 1.165) is 6.08 Å². The molecule has 0 amide bonds. The Morgan fingerprint density at radius 3 is 2.06 bits per heavy atom. The number of phosphoric ester groups is 1. The zero-order valence-corrected chi connectivity index (χ0v) is 11.5. The summed E-state index contributed by atoms with van der Waals surface area (Å²) in [5, 5.41) is 0. The number of hydrogen-bond donors (Lipinski definition) is 0. The van der Waals surface area contributed by atoms with Crippen molar-refractivity contribution in [2.24, 2.45) is 0 Å². The van der Waals surface area contributed by atoms with Crippen LogP contribution in [0.5, 0.6) is 0 Å². The summed E-state index contributed by atoms with van der Waals surface area (Å²) in [4.78, 5) is 11.1. The summed E-state index contributed by atoms with van der Waals surface area (Å²) < 4.78 is 31.4. The Morgan fingerprint density at radius 1 is 1.12 bits per heavy atom. The molecule has 0 fully saturated rings. The van der Waals surface area contributed by atoms with E-state index in [0.29, 0.717) is 0 Å². The smallest absolute Gasteiger partial charge is 0.463 e. The second-order valence-electron chi connectivity index (χ2n) is 2.88. The Bertz CT molecular complexity index is 302. The molecule has 0 unspecified atom stereocenters. The van der Waals surface area contributed by atoms with Crippen molar-refractivity contribution in [2.45, 2.75) is 27.7 Å². The van der Waals surface area contributed by atoms with Crippen LogP contribution in [0.25, 0.3) is 0 Å². The lowest BCUT2D eigenvalue weighted by atomic mass is 10.5. The van der Waals surface area contributed by atoms with Crippen molar-refractivity contribution in [1.82, 2.24) is 0 Å². The zero-order valence-electron chi connectivity index (χ0n) is 10.6. The summed E-state index contributed by atoms with van der Waals surface area (Å²) in [6.45, 7) is 7.12. The molecule has 7 heteroatoms. The second kappa shape index (κ2) is 8.28. The molecule has 6 nitrogen and oxygen atoms in total. The number of ether oxygens (including phenoxy) is 1. The number of carbonyl (C=O) groups is 1. The van der Waals surface area contributed by atoms with Gasteiger partial charge in [0.25, 0.3) is 0 Å². The molecule has 0 atom stereocenters. The van der Waals surface area contributed by atoms with Gasteiger partial charge in [-0.05, 0) is 27.7 Å². The van der Waals surface area contributed by atoms with Gasteiger partial charge >= 0.3 is 13.8 Å². The topological polar surface area (TPSA) is 71.1 Å². The van der Waals surface area contributed by atoms with Gasteiger partial charge in [-0.1, -0.05) is 0 Å². The highest BCUT2D eigenvalue weighted by Crippen LogP contribution is 2.51. The summed E-state index contributed by atoms with van der Waals surface area (Å²) >= 11 is 0. The lowest BCUT2D eigenvalue weighted by Gasteiger charge is -2.17. The fourth-order valence-electron chi connectivity index (χ4n) is 0.959. The van der Waals surface area contributed by atoms with E-state index in [9.17, 15) is 9.36 Å². The van der Waals surface area contributed by atoms with Crippen LogP contribution < -0.4 is 0 Å². The van der Waals surface area contributed by atoms with Crippen molar-refractivity contribution >= 4 is 13.8 Å². The van der Waals surface area contributed by atoms with Crippen LogP contribution >= 0.6 is 7.82 Å². The number of phosphoric acid groups is 1. The van der Waals surface area contributed by atoms with E-state index in [1.165, 1.54) is 6.92 Å². The molecule has 0 aliphatic heterocycles. The molecule has 0 aromatic rings. The molecule has 100 valence electrons.